The molecule has 0 radical (unpaired) electrons. The van der Waals surface area contributed by atoms with Crippen molar-refractivity contribution < 1.29 is 14.3 Å². The normalized spacial score (nSPS) is 17.3. The highest BCUT2D eigenvalue weighted by molar-refractivity contribution is 6.30. The minimum atomic E-state index is -0.390. The summed E-state index contributed by atoms with van der Waals surface area (Å²) >= 11 is 6.08. The van der Waals surface area contributed by atoms with E-state index in [4.69, 9.17) is 16.3 Å². The number of amides is 2. The van der Waals surface area contributed by atoms with Gasteiger partial charge in [0, 0.05) is 23.6 Å². The first-order chi connectivity index (χ1) is 13.5. The first kappa shape index (κ1) is 18.3. The number of carbonyl (C=O) groups is 2. The molecule has 4 rings (SSSR count). The van der Waals surface area contributed by atoms with Crippen molar-refractivity contribution in [2.75, 3.05) is 7.11 Å². The molecule has 8 heteroatoms. The number of benzene rings is 2. The first-order valence-corrected chi connectivity index (χ1v) is 9.30. The fraction of sp³-hybridized carbons (Fsp3) is 0.250. The van der Waals surface area contributed by atoms with Crippen LogP contribution in [0.25, 0.3) is 0 Å². The number of rotatable bonds is 3. The minimum absolute atomic E-state index is 0.266. The summed E-state index contributed by atoms with van der Waals surface area (Å²) in [7, 11) is 1.56. The van der Waals surface area contributed by atoms with Crippen molar-refractivity contribution in [3.63, 3.8) is 0 Å². The molecule has 2 heterocycles. The number of aliphatic imine (C=N–C) groups is 1. The largest absolute Gasteiger partial charge is 0.497 e. The second kappa shape index (κ2) is 7.52. The third-order valence-electron chi connectivity index (χ3n) is 4.93. The van der Waals surface area contributed by atoms with Crippen molar-refractivity contribution >= 4 is 34.9 Å². The number of carbonyl (C=O) groups excluding carboxylic acids is 2. The number of fused-ring (bicyclic) bond motifs is 2. The fourth-order valence-electron chi connectivity index (χ4n) is 3.47. The topological polar surface area (TPSA) is 83.0 Å². The van der Waals surface area contributed by atoms with Gasteiger partial charge in [-0.05, 0) is 54.4 Å². The average Bonchev–Trinajstić information content (AvgIpc) is 3.13. The molecule has 0 saturated carbocycles. The first-order valence-electron chi connectivity index (χ1n) is 8.92. The van der Waals surface area contributed by atoms with Crippen LogP contribution in [0.4, 0.5) is 5.69 Å². The number of methoxy groups -OCH3 is 1. The summed E-state index contributed by atoms with van der Waals surface area (Å²) in [4.78, 5) is 31.5. The second-order valence-electron chi connectivity index (χ2n) is 6.66. The highest BCUT2D eigenvalue weighted by Gasteiger charge is 2.37. The summed E-state index contributed by atoms with van der Waals surface area (Å²) in [6, 6.07) is 11.8. The van der Waals surface area contributed by atoms with Crippen LogP contribution in [0.3, 0.4) is 0 Å². The van der Waals surface area contributed by atoms with Gasteiger partial charge in [0.1, 0.15) is 17.6 Å². The number of nitrogens with one attached hydrogen (secondary N) is 2. The van der Waals surface area contributed by atoms with Crippen LogP contribution in [0.5, 0.6) is 5.75 Å². The van der Waals surface area contributed by atoms with Gasteiger partial charge in [-0.2, -0.15) is 0 Å². The van der Waals surface area contributed by atoms with Crippen LogP contribution in [0, 0.1) is 0 Å². The van der Waals surface area contributed by atoms with Crippen LogP contribution < -0.4 is 15.6 Å². The third kappa shape index (κ3) is 3.53. The summed E-state index contributed by atoms with van der Waals surface area (Å²) in [5.41, 5.74) is 7.30. The summed E-state index contributed by atoms with van der Waals surface area (Å²) in [5, 5.41) is 0.643. The van der Waals surface area contributed by atoms with E-state index < -0.39 is 5.91 Å². The minimum Gasteiger partial charge on any atom is -0.497 e. The Morgan fingerprint density at radius 2 is 1.96 bits per heavy atom. The van der Waals surface area contributed by atoms with Gasteiger partial charge in [0.2, 0.25) is 0 Å². The van der Waals surface area contributed by atoms with Gasteiger partial charge >= 0.3 is 0 Å². The number of halogens is 1. The van der Waals surface area contributed by atoms with Crippen LogP contribution in [-0.2, 0) is 11.3 Å². The predicted octanol–water partition coefficient (Wildman–Crippen LogP) is 2.82. The molecule has 0 aromatic heterocycles. The molecule has 1 fully saturated rings. The number of amidine groups is 1. The zero-order valence-electron chi connectivity index (χ0n) is 15.2. The quantitative estimate of drug-likeness (QED) is 0.779. The summed E-state index contributed by atoms with van der Waals surface area (Å²) in [6.07, 6.45) is 1.36. The lowest BCUT2D eigenvalue weighted by molar-refractivity contribution is -0.125. The molecule has 0 spiro atoms. The van der Waals surface area contributed by atoms with Gasteiger partial charge in [-0.15, -0.1) is 0 Å². The molecule has 2 aromatic carbocycles. The molecule has 2 N–H and O–H groups in total. The standard InChI is InChI=1S/C20H19ClN4O3/c1-28-15-5-2-12(3-6-15)19(26)23-24-20(27)17-8-9-18-22-16-7-4-14(21)10-13(16)11-25(17)18/h2-7,10,17H,8-9,11H2,1H3,(H,23,26)(H,24,27)/t17-/m0/s1. The molecule has 2 aliphatic rings. The number of hydrogen-bond acceptors (Lipinski definition) is 5. The van der Waals surface area contributed by atoms with E-state index in [0.717, 1.165) is 17.1 Å². The van der Waals surface area contributed by atoms with E-state index in [0.29, 0.717) is 35.7 Å². The Morgan fingerprint density at radius 3 is 2.71 bits per heavy atom. The van der Waals surface area contributed by atoms with Gasteiger partial charge in [0.05, 0.1) is 12.8 Å². The molecule has 7 nitrogen and oxygen atoms in total. The van der Waals surface area contributed by atoms with Crippen molar-refractivity contribution in [1.82, 2.24) is 15.8 Å². The Balaban J connectivity index is 1.40. The molecule has 2 amide bonds. The van der Waals surface area contributed by atoms with Gasteiger partial charge in [-0.1, -0.05) is 11.6 Å². The van der Waals surface area contributed by atoms with Crippen molar-refractivity contribution in [1.29, 1.82) is 0 Å². The summed E-state index contributed by atoms with van der Waals surface area (Å²) < 4.78 is 5.07. The van der Waals surface area contributed by atoms with Crippen molar-refractivity contribution in [2.45, 2.75) is 25.4 Å². The lowest BCUT2D eigenvalue weighted by Crippen LogP contribution is -2.51. The number of hydrazine groups is 1. The Labute approximate surface area is 167 Å². The maximum atomic E-state index is 12.6. The van der Waals surface area contributed by atoms with Crippen molar-refractivity contribution in [3.05, 3.63) is 58.6 Å². The average molecular weight is 399 g/mol. The Morgan fingerprint density at radius 1 is 1.18 bits per heavy atom. The maximum Gasteiger partial charge on any atom is 0.269 e. The lowest BCUT2D eigenvalue weighted by atomic mass is 10.1. The highest BCUT2D eigenvalue weighted by Crippen LogP contribution is 2.34. The fourth-order valence-corrected chi connectivity index (χ4v) is 3.66. The predicted molar refractivity (Wildman–Crippen MR) is 106 cm³/mol. The maximum absolute atomic E-state index is 12.6. The SMILES string of the molecule is COc1ccc(C(=O)NNC(=O)[C@@H]2CCC3=Nc4ccc(Cl)cc4CN32)cc1. The van der Waals surface area contributed by atoms with Crippen LogP contribution >= 0.6 is 11.6 Å². The Kier molecular flexibility index (Phi) is 4.92. The zero-order valence-corrected chi connectivity index (χ0v) is 16.0. The molecule has 0 aliphatic carbocycles. The zero-order chi connectivity index (χ0) is 19.7. The smallest absolute Gasteiger partial charge is 0.269 e. The molecule has 1 atom stereocenters. The van der Waals surface area contributed by atoms with E-state index in [9.17, 15) is 9.59 Å². The van der Waals surface area contributed by atoms with Crippen LogP contribution in [0.2, 0.25) is 5.02 Å². The molecule has 144 valence electrons. The third-order valence-corrected chi connectivity index (χ3v) is 5.17. The van der Waals surface area contributed by atoms with Gasteiger partial charge in [-0.25, -0.2) is 4.99 Å². The Bertz CT molecular complexity index is 958. The van der Waals surface area contributed by atoms with Crippen LogP contribution in [0.15, 0.2) is 47.5 Å². The van der Waals surface area contributed by atoms with Gasteiger partial charge in [0.25, 0.3) is 11.8 Å². The van der Waals surface area contributed by atoms with Gasteiger partial charge in [-0.3, -0.25) is 20.4 Å². The van der Waals surface area contributed by atoms with E-state index >= 15 is 0 Å². The molecular formula is C20H19ClN4O3. The molecule has 2 aromatic rings. The molecule has 28 heavy (non-hydrogen) atoms. The second-order valence-corrected chi connectivity index (χ2v) is 7.09. The number of hydrogen-bond donors (Lipinski definition) is 2. The molecule has 0 bridgehead atoms. The van der Waals surface area contributed by atoms with E-state index in [1.54, 1.807) is 31.4 Å². The van der Waals surface area contributed by atoms with Gasteiger partial charge < -0.3 is 9.64 Å². The summed E-state index contributed by atoms with van der Waals surface area (Å²) in [5.74, 6) is 0.886. The van der Waals surface area contributed by atoms with Gasteiger partial charge in [0.15, 0.2) is 0 Å². The monoisotopic (exact) mass is 398 g/mol. The molecule has 0 unspecified atom stereocenters. The van der Waals surface area contributed by atoms with E-state index in [1.807, 2.05) is 23.1 Å². The highest BCUT2D eigenvalue weighted by atomic mass is 35.5. The summed E-state index contributed by atoms with van der Waals surface area (Å²) in [6.45, 7) is 0.569. The van der Waals surface area contributed by atoms with Crippen LogP contribution in [0.1, 0.15) is 28.8 Å². The lowest BCUT2D eigenvalue weighted by Gasteiger charge is -2.30. The Hall–Kier alpha value is -3.06. The molecule has 2 aliphatic heterocycles. The van der Waals surface area contributed by atoms with Crippen LogP contribution in [-0.4, -0.2) is 35.7 Å². The molecule has 1 saturated heterocycles. The number of ether oxygens (including phenoxy) is 1. The van der Waals surface area contributed by atoms with E-state index in [-0.39, 0.29) is 11.9 Å². The van der Waals surface area contributed by atoms with Crippen molar-refractivity contribution in [3.8, 4) is 5.75 Å². The van der Waals surface area contributed by atoms with Crippen molar-refractivity contribution in [2.24, 2.45) is 4.99 Å². The van der Waals surface area contributed by atoms with E-state index in [1.165, 1.54) is 0 Å². The number of nitrogens with zero attached hydrogens (tertiary/aromatic N) is 2. The molecular weight excluding hydrogens is 380 g/mol. The van der Waals surface area contributed by atoms with E-state index in [2.05, 4.69) is 15.8 Å².